The number of aromatic nitrogens is 1. The summed E-state index contributed by atoms with van der Waals surface area (Å²) in [5.74, 6) is 0.151. The van der Waals surface area contributed by atoms with Crippen LogP contribution in [-0.2, 0) is 20.7 Å². The Morgan fingerprint density at radius 2 is 1.88 bits per heavy atom. The molecular weight excluding hydrogens is 581 g/mol. The number of sulfone groups is 1. The van der Waals surface area contributed by atoms with Crippen LogP contribution < -0.4 is 9.62 Å². The molecule has 0 saturated carbocycles. The lowest BCUT2D eigenvalue weighted by atomic mass is 10.0. The number of amides is 1. The molecule has 0 aliphatic heterocycles. The molecule has 0 radical (unpaired) electrons. The van der Waals surface area contributed by atoms with Crippen LogP contribution in [0.4, 0.5) is 5.82 Å². The molecule has 1 aromatic carbocycles. The van der Waals surface area contributed by atoms with E-state index in [9.17, 15) is 21.6 Å². The minimum absolute atomic E-state index is 0.0202. The van der Waals surface area contributed by atoms with Crippen molar-refractivity contribution >= 4 is 66.1 Å². The van der Waals surface area contributed by atoms with Gasteiger partial charge in [0.15, 0.2) is 5.82 Å². The maximum absolute atomic E-state index is 12.7. The lowest BCUT2D eigenvalue weighted by Gasteiger charge is -2.17. The van der Waals surface area contributed by atoms with Crippen LogP contribution in [0.3, 0.4) is 0 Å². The number of halogens is 1. The van der Waals surface area contributed by atoms with E-state index in [-0.39, 0.29) is 29.7 Å². The Kier molecular flexibility index (Phi) is 8.00. The van der Waals surface area contributed by atoms with Crippen LogP contribution in [0.2, 0.25) is 0 Å². The van der Waals surface area contributed by atoms with Gasteiger partial charge in [0.2, 0.25) is 16.6 Å². The average molecular weight is 605 g/mol. The standard InChI is InChI=1S/C21H24IN3O6S2/c1-13-6-8-14(9-7-13)18-17(20(26)23-2)15-12-16(22)19(24-21(15)31-18)25(32(27)28)10-4-5-11-33(3,29)30/h6-9,12,32H,4-5,10-11H2,1-3H3,(H,23,26). The first-order valence-electron chi connectivity index (χ1n) is 10.0. The maximum Gasteiger partial charge on any atom is 0.255 e. The normalized spacial score (nSPS) is 11.8. The van der Waals surface area contributed by atoms with Crippen molar-refractivity contribution in [2.45, 2.75) is 19.8 Å². The van der Waals surface area contributed by atoms with Crippen molar-refractivity contribution in [3.8, 4) is 11.3 Å². The number of aryl methyl sites for hydroxylation is 1. The number of carbonyl (C=O) groups excluding carboxylic acids is 1. The molecular formula is C21H24IN3O6S2. The number of anilines is 1. The Labute approximate surface area is 207 Å². The number of benzene rings is 1. The summed E-state index contributed by atoms with van der Waals surface area (Å²) in [6.07, 6.45) is 1.82. The van der Waals surface area contributed by atoms with E-state index in [2.05, 4.69) is 10.3 Å². The molecule has 2 heterocycles. The first-order chi connectivity index (χ1) is 15.5. The molecule has 9 nitrogen and oxygen atoms in total. The molecule has 0 bridgehead atoms. The average Bonchev–Trinajstić information content (AvgIpc) is 3.10. The van der Waals surface area contributed by atoms with Crippen LogP contribution in [0.5, 0.6) is 0 Å². The van der Waals surface area contributed by atoms with Crippen LogP contribution >= 0.6 is 22.6 Å². The van der Waals surface area contributed by atoms with Gasteiger partial charge in [0, 0.05) is 31.2 Å². The van der Waals surface area contributed by atoms with E-state index in [4.69, 9.17) is 4.42 Å². The van der Waals surface area contributed by atoms with Crippen LogP contribution in [-0.4, -0.2) is 53.3 Å². The Morgan fingerprint density at radius 3 is 2.45 bits per heavy atom. The summed E-state index contributed by atoms with van der Waals surface area (Å²) >= 11 is 1.97. The third-order valence-corrected chi connectivity index (χ3v) is 7.57. The number of furan rings is 1. The van der Waals surface area contributed by atoms with Gasteiger partial charge in [-0.1, -0.05) is 29.8 Å². The van der Waals surface area contributed by atoms with Crippen molar-refractivity contribution in [1.82, 2.24) is 10.3 Å². The van der Waals surface area contributed by atoms with Gasteiger partial charge in [-0.15, -0.1) is 0 Å². The topological polar surface area (TPSA) is 127 Å². The quantitative estimate of drug-likeness (QED) is 0.218. The highest BCUT2D eigenvalue weighted by molar-refractivity contribution is 14.1. The fourth-order valence-electron chi connectivity index (χ4n) is 3.32. The summed E-state index contributed by atoms with van der Waals surface area (Å²) in [7, 11) is -4.63. The van der Waals surface area contributed by atoms with Crippen LogP contribution in [0.25, 0.3) is 22.4 Å². The Morgan fingerprint density at radius 1 is 1.21 bits per heavy atom. The highest BCUT2D eigenvalue weighted by Crippen LogP contribution is 2.36. The predicted octanol–water partition coefficient (Wildman–Crippen LogP) is 2.93. The molecule has 0 aliphatic rings. The number of hydrogen-bond acceptors (Lipinski definition) is 7. The van der Waals surface area contributed by atoms with Gasteiger partial charge in [0.25, 0.3) is 5.91 Å². The van der Waals surface area contributed by atoms with E-state index < -0.39 is 20.7 Å². The van der Waals surface area contributed by atoms with Gasteiger partial charge >= 0.3 is 0 Å². The van der Waals surface area contributed by atoms with E-state index in [0.29, 0.717) is 38.7 Å². The summed E-state index contributed by atoms with van der Waals surface area (Å²) in [5.41, 5.74) is 2.20. The van der Waals surface area contributed by atoms with Crippen molar-refractivity contribution in [2.24, 2.45) is 0 Å². The molecule has 0 unspecified atom stereocenters. The molecule has 3 rings (SSSR count). The van der Waals surface area contributed by atoms with Crippen molar-refractivity contribution in [1.29, 1.82) is 0 Å². The van der Waals surface area contributed by atoms with Gasteiger partial charge in [0.1, 0.15) is 15.6 Å². The van der Waals surface area contributed by atoms with E-state index in [1.165, 1.54) is 7.05 Å². The van der Waals surface area contributed by atoms with Crippen molar-refractivity contribution in [2.75, 3.05) is 29.9 Å². The first-order valence-corrected chi connectivity index (χ1v) is 14.3. The number of thiol groups is 1. The number of pyridine rings is 1. The van der Waals surface area contributed by atoms with Crippen LogP contribution in [0.1, 0.15) is 28.8 Å². The molecule has 2 aromatic heterocycles. The molecule has 1 amide bonds. The lowest BCUT2D eigenvalue weighted by molar-refractivity contribution is 0.0964. The molecule has 0 fully saturated rings. The molecule has 12 heteroatoms. The number of nitrogens with zero attached hydrogens (tertiary/aromatic N) is 2. The number of hydrogen-bond donors (Lipinski definition) is 2. The summed E-state index contributed by atoms with van der Waals surface area (Å²) in [6.45, 7) is 2.03. The van der Waals surface area contributed by atoms with Crippen molar-refractivity contribution in [3.05, 3.63) is 45.0 Å². The van der Waals surface area contributed by atoms with Gasteiger partial charge in [-0.05, 0) is 48.4 Å². The molecule has 0 atom stereocenters. The van der Waals surface area contributed by atoms with E-state index in [1.54, 1.807) is 6.07 Å². The lowest BCUT2D eigenvalue weighted by Crippen LogP contribution is -2.25. The summed E-state index contributed by atoms with van der Waals surface area (Å²) in [6, 6.07) is 9.16. The smallest absolute Gasteiger partial charge is 0.255 e. The SMILES string of the molecule is CNC(=O)c1c(-c2ccc(C)cc2)oc2nc(N(CCCCS(C)(=O)=O)[SH](=O)=O)c(I)cc12. The van der Waals surface area contributed by atoms with Gasteiger partial charge < -0.3 is 9.73 Å². The zero-order chi connectivity index (χ0) is 24.3. The highest BCUT2D eigenvalue weighted by Gasteiger charge is 2.25. The number of rotatable bonds is 9. The van der Waals surface area contributed by atoms with Crippen LogP contribution in [0, 0.1) is 10.5 Å². The number of nitrogens with one attached hydrogen (secondary N) is 1. The maximum atomic E-state index is 12.7. The zero-order valence-electron chi connectivity index (χ0n) is 18.3. The monoisotopic (exact) mass is 605 g/mol. The minimum atomic E-state index is -3.13. The van der Waals surface area contributed by atoms with E-state index in [0.717, 1.165) is 16.1 Å². The molecule has 0 spiro atoms. The van der Waals surface area contributed by atoms with Gasteiger partial charge in [-0.25, -0.2) is 16.8 Å². The molecule has 1 N–H and O–H groups in total. The fourth-order valence-corrected chi connectivity index (χ4v) is 5.57. The Balaban J connectivity index is 2.06. The summed E-state index contributed by atoms with van der Waals surface area (Å²) < 4.78 is 54.2. The molecule has 0 saturated heterocycles. The largest absolute Gasteiger partial charge is 0.437 e. The third kappa shape index (κ3) is 6.03. The Hall–Kier alpha value is -2.19. The number of carbonyl (C=O) groups is 1. The zero-order valence-corrected chi connectivity index (χ0v) is 22.2. The second-order valence-corrected chi connectivity index (χ2v) is 12.0. The summed E-state index contributed by atoms with van der Waals surface area (Å²) in [4.78, 5) is 17.1. The van der Waals surface area contributed by atoms with E-state index in [1.807, 2.05) is 53.8 Å². The number of fused-ring (bicyclic) bond motifs is 1. The summed E-state index contributed by atoms with van der Waals surface area (Å²) in [5, 5.41) is 3.09. The first kappa shape index (κ1) is 25.4. The van der Waals surface area contributed by atoms with Crippen molar-refractivity contribution in [3.63, 3.8) is 0 Å². The molecule has 0 aliphatic carbocycles. The second kappa shape index (κ2) is 10.4. The van der Waals surface area contributed by atoms with Gasteiger partial charge in [0.05, 0.1) is 14.5 Å². The van der Waals surface area contributed by atoms with E-state index >= 15 is 0 Å². The predicted molar refractivity (Wildman–Crippen MR) is 137 cm³/mol. The van der Waals surface area contributed by atoms with Gasteiger partial charge in [-0.3, -0.25) is 9.10 Å². The second-order valence-electron chi connectivity index (χ2n) is 7.60. The minimum Gasteiger partial charge on any atom is -0.437 e. The fraction of sp³-hybridized carbons (Fsp3) is 0.333. The van der Waals surface area contributed by atoms with Crippen LogP contribution in [0.15, 0.2) is 34.7 Å². The number of unbranched alkanes of at least 4 members (excludes halogenated alkanes) is 1. The molecule has 33 heavy (non-hydrogen) atoms. The third-order valence-electron chi connectivity index (χ3n) is 4.96. The van der Waals surface area contributed by atoms with Crippen molar-refractivity contribution < 1.29 is 26.0 Å². The Bertz CT molecular complexity index is 1360. The molecule has 3 aromatic rings. The molecule has 178 valence electrons. The van der Waals surface area contributed by atoms with Gasteiger partial charge in [-0.2, -0.15) is 4.98 Å². The highest BCUT2D eigenvalue weighted by atomic mass is 127.